The van der Waals surface area contributed by atoms with Crippen molar-refractivity contribution in [3.63, 3.8) is 0 Å². The number of aryl methyl sites for hydroxylation is 1. The zero-order valence-corrected chi connectivity index (χ0v) is 12.4. The maximum atomic E-state index is 13.1. The van der Waals surface area contributed by atoms with Crippen molar-refractivity contribution in [1.29, 1.82) is 0 Å². The van der Waals surface area contributed by atoms with Gasteiger partial charge in [0, 0.05) is 17.5 Å². The smallest absolute Gasteiger partial charge is 0.225 e. The number of halogens is 2. The molecule has 0 saturated heterocycles. The molecule has 3 nitrogen and oxygen atoms in total. The molecule has 3 aromatic rings. The van der Waals surface area contributed by atoms with E-state index in [4.69, 9.17) is 11.6 Å². The quantitative estimate of drug-likeness (QED) is 0.708. The Balaban J connectivity index is 2.35. The molecule has 0 radical (unpaired) electrons. The molecule has 0 aliphatic heterocycles. The van der Waals surface area contributed by atoms with Crippen molar-refractivity contribution in [2.75, 3.05) is 12.4 Å². The zero-order chi connectivity index (χ0) is 14.3. The van der Waals surface area contributed by atoms with E-state index in [1.165, 1.54) is 12.1 Å². The fourth-order valence-corrected chi connectivity index (χ4v) is 3.49. The van der Waals surface area contributed by atoms with Gasteiger partial charge in [-0.25, -0.2) is 14.4 Å². The molecule has 0 saturated carbocycles. The molecule has 2 heterocycles. The highest BCUT2D eigenvalue weighted by molar-refractivity contribution is 7.19. The van der Waals surface area contributed by atoms with E-state index in [-0.39, 0.29) is 11.1 Å². The third kappa shape index (κ3) is 2.13. The molecule has 1 N–H and O–H groups in total. The lowest BCUT2D eigenvalue weighted by Crippen LogP contribution is -1.95. The van der Waals surface area contributed by atoms with Gasteiger partial charge in [-0.1, -0.05) is 12.1 Å². The molecule has 1 aromatic carbocycles. The molecule has 102 valence electrons. The number of benzene rings is 1. The molecule has 0 aliphatic rings. The average Bonchev–Trinajstić information content (AvgIpc) is 2.74. The van der Waals surface area contributed by atoms with E-state index in [9.17, 15) is 4.39 Å². The molecule has 0 fully saturated rings. The van der Waals surface area contributed by atoms with Crippen LogP contribution in [0.1, 0.15) is 4.88 Å². The Kier molecular flexibility index (Phi) is 3.31. The normalized spacial score (nSPS) is 11.0. The highest BCUT2D eigenvalue weighted by Crippen LogP contribution is 2.40. The fraction of sp³-hybridized carbons (Fsp3) is 0.143. The summed E-state index contributed by atoms with van der Waals surface area (Å²) >= 11 is 7.48. The Morgan fingerprint density at radius 1 is 1.20 bits per heavy atom. The summed E-state index contributed by atoms with van der Waals surface area (Å²) < 4.78 is 13.1. The standard InChI is InChI=1S/C14H11ClFN3S/c1-7-10(8-3-5-9(16)6-4-8)11-12(17-2)18-14(15)19-13(11)20-7/h3-6H,1-2H3,(H,17,18,19). The third-order valence-electron chi connectivity index (χ3n) is 3.07. The second-order valence-electron chi connectivity index (χ2n) is 4.31. The molecule has 3 rings (SSSR count). The van der Waals surface area contributed by atoms with Gasteiger partial charge >= 0.3 is 0 Å². The molecule has 0 atom stereocenters. The van der Waals surface area contributed by atoms with Crippen LogP contribution in [-0.2, 0) is 0 Å². The minimum Gasteiger partial charge on any atom is -0.372 e. The van der Waals surface area contributed by atoms with E-state index < -0.39 is 0 Å². The van der Waals surface area contributed by atoms with Gasteiger partial charge in [-0.15, -0.1) is 11.3 Å². The minimum atomic E-state index is -0.251. The maximum Gasteiger partial charge on any atom is 0.225 e. The summed E-state index contributed by atoms with van der Waals surface area (Å²) in [5.74, 6) is 0.433. The van der Waals surface area contributed by atoms with Crippen molar-refractivity contribution in [2.45, 2.75) is 6.92 Å². The lowest BCUT2D eigenvalue weighted by molar-refractivity contribution is 0.628. The van der Waals surface area contributed by atoms with E-state index >= 15 is 0 Å². The van der Waals surface area contributed by atoms with Gasteiger partial charge in [0.25, 0.3) is 0 Å². The van der Waals surface area contributed by atoms with Crippen molar-refractivity contribution in [3.05, 3.63) is 40.2 Å². The van der Waals surface area contributed by atoms with Crippen LogP contribution in [0.15, 0.2) is 24.3 Å². The summed E-state index contributed by atoms with van der Waals surface area (Å²) in [5, 5.41) is 4.18. The molecule has 0 spiro atoms. The van der Waals surface area contributed by atoms with Gasteiger partial charge in [-0.3, -0.25) is 0 Å². The number of nitrogens with zero attached hydrogens (tertiary/aromatic N) is 2. The van der Waals surface area contributed by atoms with Crippen LogP contribution in [0.5, 0.6) is 0 Å². The summed E-state index contributed by atoms with van der Waals surface area (Å²) in [7, 11) is 1.79. The number of nitrogens with one attached hydrogen (secondary N) is 1. The van der Waals surface area contributed by atoms with E-state index in [1.54, 1.807) is 30.5 Å². The number of hydrogen-bond donors (Lipinski definition) is 1. The Hall–Kier alpha value is -1.72. The van der Waals surface area contributed by atoms with Crippen LogP contribution in [0.3, 0.4) is 0 Å². The highest BCUT2D eigenvalue weighted by atomic mass is 35.5. The third-order valence-corrected chi connectivity index (χ3v) is 4.24. The van der Waals surface area contributed by atoms with Crippen LogP contribution in [0.2, 0.25) is 5.28 Å². The Morgan fingerprint density at radius 3 is 2.55 bits per heavy atom. The molecule has 0 aliphatic carbocycles. The van der Waals surface area contributed by atoms with Crippen LogP contribution in [0.25, 0.3) is 21.3 Å². The van der Waals surface area contributed by atoms with Gasteiger partial charge in [-0.05, 0) is 36.2 Å². The molecule has 0 bridgehead atoms. The predicted molar refractivity (Wildman–Crippen MR) is 82.1 cm³/mol. The predicted octanol–water partition coefficient (Wildman–Crippen LogP) is 4.50. The second kappa shape index (κ2) is 5.00. The topological polar surface area (TPSA) is 37.8 Å². The van der Waals surface area contributed by atoms with Crippen LogP contribution < -0.4 is 5.32 Å². The first-order valence-corrected chi connectivity index (χ1v) is 7.20. The molecule has 6 heteroatoms. The van der Waals surface area contributed by atoms with Gasteiger partial charge in [0.05, 0.1) is 5.39 Å². The Bertz CT molecular complexity index is 783. The first-order chi connectivity index (χ1) is 9.60. The van der Waals surface area contributed by atoms with Crippen LogP contribution in [0.4, 0.5) is 10.2 Å². The molecule has 2 aromatic heterocycles. The molecule has 0 amide bonds. The number of thiophene rings is 1. The maximum absolute atomic E-state index is 13.1. The Labute approximate surface area is 124 Å². The van der Waals surface area contributed by atoms with Gasteiger partial charge in [0.15, 0.2) is 0 Å². The lowest BCUT2D eigenvalue weighted by Gasteiger charge is -2.06. The SMILES string of the molecule is CNc1nc(Cl)nc2sc(C)c(-c3ccc(F)cc3)c12. The highest BCUT2D eigenvalue weighted by Gasteiger charge is 2.17. The number of aromatic nitrogens is 2. The first-order valence-electron chi connectivity index (χ1n) is 6.00. The minimum absolute atomic E-state index is 0.216. The summed E-state index contributed by atoms with van der Waals surface area (Å²) in [4.78, 5) is 10.4. The van der Waals surface area contributed by atoms with Gasteiger partial charge in [0.2, 0.25) is 5.28 Å². The van der Waals surface area contributed by atoms with Crippen molar-refractivity contribution in [1.82, 2.24) is 9.97 Å². The Morgan fingerprint density at radius 2 is 1.90 bits per heavy atom. The van der Waals surface area contributed by atoms with E-state index in [2.05, 4.69) is 15.3 Å². The molecular formula is C14H11ClFN3S. The van der Waals surface area contributed by atoms with Gasteiger partial charge in [-0.2, -0.15) is 0 Å². The van der Waals surface area contributed by atoms with E-state index in [0.717, 1.165) is 26.2 Å². The average molecular weight is 308 g/mol. The fourth-order valence-electron chi connectivity index (χ4n) is 2.23. The second-order valence-corrected chi connectivity index (χ2v) is 5.85. The lowest BCUT2D eigenvalue weighted by atomic mass is 10.0. The molecule has 0 unspecified atom stereocenters. The van der Waals surface area contributed by atoms with Gasteiger partial charge < -0.3 is 5.32 Å². The van der Waals surface area contributed by atoms with E-state index in [0.29, 0.717) is 5.82 Å². The molecule has 20 heavy (non-hydrogen) atoms. The summed E-state index contributed by atoms with van der Waals surface area (Å²) in [6, 6.07) is 6.43. The number of anilines is 1. The summed E-state index contributed by atoms with van der Waals surface area (Å²) in [6.07, 6.45) is 0. The van der Waals surface area contributed by atoms with Crippen LogP contribution in [0, 0.1) is 12.7 Å². The van der Waals surface area contributed by atoms with Crippen molar-refractivity contribution < 1.29 is 4.39 Å². The van der Waals surface area contributed by atoms with Crippen LogP contribution >= 0.6 is 22.9 Å². The first kappa shape index (κ1) is 13.3. The monoisotopic (exact) mass is 307 g/mol. The van der Waals surface area contributed by atoms with Crippen molar-refractivity contribution in [3.8, 4) is 11.1 Å². The number of fused-ring (bicyclic) bond motifs is 1. The number of rotatable bonds is 2. The summed E-state index contributed by atoms with van der Waals surface area (Å²) in [5.41, 5.74) is 1.96. The molecular weight excluding hydrogens is 297 g/mol. The van der Waals surface area contributed by atoms with Crippen LogP contribution in [-0.4, -0.2) is 17.0 Å². The number of hydrogen-bond acceptors (Lipinski definition) is 4. The summed E-state index contributed by atoms with van der Waals surface area (Å²) in [6.45, 7) is 2.01. The van der Waals surface area contributed by atoms with Gasteiger partial charge in [0.1, 0.15) is 16.5 Å². The van der Waals surface area contributed by atoms with Crippen molar-refractivity contribution >= 4 is 39.0 Å². The van der Waals surface area contributed by atoms with E-state index in [1.807, 2.05) is 6.92 Å². The largest absolute Gasteiger partial charge is 0.372 e. The zero-order valence-electron chi connectivity index (χ0n) is 10.9. The van der Waals surface area contributed by atoms with Crippen molar-refractivity contribution in [2.24, 2.45) is 0 Å².